The monoisotopic (exact) mass is 384 g/mol. The summed E-state index contributed by atoms with van der Waals surface area (Å²) in [5.74, 6) is 1.01. The van der Waals surface area contributed by atoms with E-state index >= 15 is 0 Å². The third kappa shape index (κ3) is 3.80. The number of anilines is 1. The molecule has 2 aliphatic carbocycles. The number of carbonyl (C=O) groups excluding carboxylic acids is 1. The summed E-state index contributed by atoms with van der Waals surface area (Å²) >= 11 is 6.05. The quantitative estimate of drug-likeness (QED) is 0.848. The molecule has 0 aromatic heterocycles. The van der Waals surface area contributed by atoms with Crippen molar-refractivity contribution in [2.45, 2.75) is 51.6 Å². The Hall–Kier alpha value is -1.27. The Kier molecular flexibility index (Phi) is 5.04. The average molecular weight is 385 g/mol. The highest BCUT2D eigenvalue weighted by Crippen LogP contribution is 2.44. The van der Waals surface area contributed by atoms with Crippen molar-refractivity contribution in [1.82, 2.24) is 5.32 Å². The van der Waals surface area contributed by atoms with E-state index in [1.807, 2.05) is 6.92 Å². The number of nitrogens with zero attached hydrogens (tertiary/aromatic N) is 1. The van der Waals surface area contributed by atoms with Gasteiger partial charge in [-0.1, -0.05) is 24.1 Å². The molecule has 3 rings (SSSR count). The van der Waals surface area contributed by atoms with Crippen LogP contribution in [-0.4, -0.2) is 32.7 Å². The zero-order chi connectivity index (χ0) is 18.4. The number of halogens is 1. The minimum absolute atomic E-state index is 0.176. The number of sulfonamides is 1. The van der Waals surface area contributed by atoms with E-state index < -0.39 is 16.1 Å². The van der Waals surface area contributed by atoms with Crippen LogP contribution in [0, 0.1) is 18.8 Å². The fourth-order valence-corrected chi connectivity index (χ4v) is 5.72. The molecule has 25 heavy (non-hydrogen) atoms. The van der Waals surface area contributed by atoms with Gasteiger partial charge in [-0.2, -0.15) is 0 Å². The van der Waals surface area contributed by atoms with Crippen LogP contribution >= 0.6 is 11.6 Å². The molecule has 1 N–H and O–H groups in total. The summed E-state index contributed by atoms with van der Waals surface area (Å²) < 4.78 is 26.0. The number of hydrogen-bond acceptors (Lipinski definition) is 3. The molecule has 1 aromatic rings. The lowest BCUT2D eigenvalue weighted by Crippen LogP contribution is -2.51. The molecule has 2 fully saturated rings. The van der Waals surface area contributed by atoms with Crippen LogP contribution in [0.1, 0.15) is 38.2 Å². The van der Waals surface area contributed by atoms with E-state index in [4.69, 9.17) is 11.6 Å². The molecular weight excluding hydrogens is 360 g/mol. The Labute approximate surface area is 154 Å². The standard InChI is InChI=1S/C18H25ClN2O3S/c1-11-4-7-15(19)10-17(11)21(25(3,23)24)12(2)18(22)20-16-9-13-5-6-14(16)8-13/h4,7,10,12-14,16H,5-6,8-9H2,1-3H3,(H,20,22)/t12-,13+,14+,16+/m1/s1. The first-order chi connectivity index (χ1) is 11.7. The van der Waals surface area contributed by atoms with E-state index in [1.165, 1.54) is 17.1 Å². The fraction of sp³-hybridized carbons (Fsp3) is 0.611. The molecule has 1 amide bonds. The molecule has 5 nitrogen and oxygen atoms in total. The summed E-state index contributed by atoms with van der Waals surface area (Å²) in [6, 6.07) is 4.41. The zero-order valence-corrected chi connectivity index (χ0v) is 16.4. The number of amides is 1. The lowest BCUT2D eigenvalue weighted by Gasteiger charge is -2.31. The minimum Gasteiger partial charge on any atom is -0.351 e. The van der Waals surface area contributed by atoms with Crippen LogP contribution in [0.4, 0.5) is 5.69 Å². The van der Waals surface area contributed by atoms with Crippen molar-refractivity contribution in [2.75, 3.05) is 10.6 Å². The highest BCUT2D eigenvalue weighted by atomic mass is 35.5. The third-order valence-electron chi connectivity index (χ3n) is 5.56. The van der Waals surface area contributed by atoms with E-state index in [0.29, 0.717) is 22.5 Å². The van der Waals surface area contributed by atoms with Gasteiger partial charge in [0, 0.05) is 11.1 Å². The van der Waals surface area contributed by atoms with Gasteiger partial charge in [-0.25, -0.2) is 8.42 Å². The predicted molar refractivity (Wildman–Crippen MR) is 100 cm³/mol. The van der Waals surface area contributed by atoms with Crippen molar-refractivity contribution >= 4 is 33.2 Å². The number of nitrogens with one attached hydrogen (secondary N) is 1. The van der Waals surface area contributed by atoms with Crippen LogP contribution < -0.4 is 9.62 Å². The van der Waals surface area contributed by atoms with Crippen LogP contribution in [0.5, 0.6) is 0 Å². The summed E-state index contributed by atoms with van der Waals surface area (Å²) in [5.41, 5.74) is 1.21. The average Bonchev–Trinajstić information content (AvgIpc) is 3.12. The van der Waals surface area contributed by atoms with Gasteiger partial charge in [0.05, 0.1) is 11.9 Å². The van der Waals surface area contributed by atoms with Gasteiger partial charge in [0.1, 0.15) is 6.04 Å². The fourth-order valence-electron chi connectivity index (χ4n) is 4.33. The van der Waals surface area contributed by atoms with Crippen molar-refractivity contribution in [3.63, 3.8) is 0 Å². The first-order valence-corrected chi connectivity index (χ1v) is 11.0. The van der Waals surface area contributed by atoms with E-state index in [0.717, 1.165) is 24.7 Å². The second-order valence-corrected chi connectivity index (χ2v) is 9.75. The van der Waals surface area contributed by atoms with Crippen LogP contribution in [0.25, 0.3) is 0 Å². The molecule has 0 spiro atoms. The number of fused-ring (bicyclic) bond motifs is 2. The van der Waals surface area contributed by atoms with Crippen molar-refractivity contribution in [3.8, 4) is 0 Å². The lowest BCUT2D eigenvalue weighted by molar-refractivity contribution is -0.122. The third-order valence-corrected chi connectivity index (χ3v) is 7.03. The number of benzene rings is 1. The molecule has 0 unspecified atom stereocenters. The summed E-state index contributed by atoms with van der Waals surface area (Å²) in [4.78, 5) is 12.8. The molecule has 138 valence electrons. The Bertz CT molecular complexity index is 781. The number of rotatable bonds is 5. The topological polar surface area (TPSA) is 66.5 Å². The number of aryl methyl sites for hydroxylation is 1. The molecule has 0 saturated heterocycles. The van der Waals surface area contributed by atoms with Crippen LogP contribution in [0.2, 0.25) is 5.02 Å². The Morgan fingerprint density at radius 2 is 2.04 bits per heavy atom. The summed E-state index contributed by atoms with van der Waals surface area (Å²) in [7, 11) is -3.63. The van der Waals surface area contributed by atoms with Crippen molar-refractivity contribution in [3.05, 3.63) is 28.8 Å². The van der Waals surface area contributed by atoms with Crippen LogP contribution in [-0.2, 0) is 14.8 Å². The molecule has 0 heterocycles. The van der Waals surface area contributed by atoms with Gasteiger partial charge in [-0.3, -0.25) is 9.10 Å². The van der Waals surface area contributed by atoms with Crippen LogP contribution in [0.3, 0.4) is 0 Å². The number of carbonyl (C=O) groups is 1. The smallest absolute Gasteiger partial charge is 0.243 e. The van der Waals surface area contributed by atoms with Gasteiger partial charge >= 0.3 is 0 Å². The molecule has 4 atom stereocenters. The van der Waals surface area contributed by atoms with Gasteiger partial charge in [-0.05, 0) is 62.6 Å². The van der Waals surface area contributed by atoms with E-state index in [-0.39, 0.29) is 11.9 Å². The second kappa shape index (κ2) is 6.80. The van der Waals surface area contributed by atoms with Crippen LogP contribution in [0.15, 0.2) is 18.2 Å². The summed E-state index contributed by atoms with van der Waals surface area (Å²) in [5, 5.41) is 3.53. The molecule has 0 aliphatic heterocycles. The van der Waals surface area contributed by atoms with Gasteiger partial charge in [0.25, 0.3) is 0 Å². The Morgan fingerprint density at radius 3 is 2.60 bits per heavy atom. The molecule has 7 heteroatoms. The maximum absolute atomic E-state index is 12.8. The van der Waals surface area contributed by atoms with Gasteiger partial charge in [0.15, 0.2) is 0 Å². The minimum atomic E-state index is -3.63. The van der Waals surface area contributed by atoms with Crippen molar-refractivity contribution < 1.29 is 13.2 Å². The maximum atomic E-state index is 12.8. The molecule has 0 radical (unpaired) electrons. The highest BCUT2D eigenvalue weighted by Gasteiger charge is 2.41. The summed E-state index contributed by atoms with van der Waals surface area (Å²) in [6.07, 6.45) is 5.73. The molecule has 2 bridgehead atoms. The zero-order valence-electron chi connectivity index (χ0n) is 14.8. The van der Waals surface area contributed by atoms with Gasteiger partial charge < -0.3 is 5.32 Å². The van der Waals surface area contributed by atoms with E-state index in [1.54, 1.807) is 25.1 Å². The molecule has 1 aromatic carbocycles. The normalized spacial score (nSPS) is 26.5. The van der Waals surface area contributed by atoms with E-state index in [9.17, 15) is 13.2 Å². The number of hydrogen-bond donors (Lipinski definition) is 1. The highest BCUT2D eigenvalue weighted by molar-refractivity contribution is 7.92. The summed E-state index contributed by atoms with van der Waals surface area (Å²) in [6.45, 7) is 3.44. The van der Waals surface area contributed by atoms with E-state index in [2.05, 4.69) is 5.32 Å². The SMILES string of the molecule is Cc1ccc(Cl)cc1N([C@H](C)C(=O)N[C@H]1C[C@H]2CC[C@H]1C2)S(C)(=O)=O. The second-order valence-electron chi connectivity index (χ2n) is 7.46. The first-order valence-electron chi connectivity index (χ1n) is 8.72. The molecule has 2 saturated carbocycles. The van der Waals surface area contributed by atoms with Crippen molar-refractivity contribution in [1.29, 1.82) is 0 Å². The maximum Gasteiger partial charge on any atom is 0.243 e. The Balaban J connectivity index is 1.83. The van der Waals surface area contributed by atoms with Gasteiger partial charge in [-0.15, -0.1) is 0 Å². The molecule has 2 aliphatic rings. The Morgan fingerprint density at radius 1 is 1.32 bits per heavy atom. The first kappa shape index (κ1) is 18.5. The van der Waals surface area contributed by atoms with Crippen molar-refractivity contribution in [2.24, 2.45) is 11.8 Å². The van der Waals surface area contributed by atoms with Gasteiger partial charge in [0.2, 0.25) is 15.9 Å². The lowest BCUT2D eigenvalue weighted by atomic mass is 9.95. The predicted octanol–water partition coefficient (Wildman–Crippen LogP) is 3.11. The molecular formula is C18H25ClN2O3S. The largest absolute Gasteiger partial charge is 0.351 e.